The number of anilines is 1. The highest BCUT2D eigenvalue weighted by Gasteiger charge is 1.98. The van der Waals surface area contributed by atoms with Gasteiger partial charge in [-0.1, -0.05) is 43.7 Å². The van der Waals surface area contributed by atoms with Crippen molar-refractivity contribution in [3.8, 4) is 5.75 Å². The Labute approximate surface area is 126 Å². The van der Waals surface area contributed by atoms with Crippen LogP contribution in [0.5, 0.6) is 5.75 Å². The number of hydrogen-bond acceptors (Lipinski definition) is 3. The van der Waals surface area contributed by atoms with Gasteiger partial charge in [0.2, 0.25) is 0 Å². The number of rotatable bonds is 6. The number of nitrogens with zero attached hydrogens (tertiary/aromatic N) is 1. The maximum atomic E-state index is 5.70. The second-order valence-electron chi connectivity index (χ2n) is 5.51. The monoisotopic (exact) mass is 282 g/mol. The zero-order valence-electron chi connectivity index (χ0n) is 12.8. The van der Waals surface area contributed by atoms with Gasteiger partial charge < -0.3 is 4.74 Å². The van der Waals surface area contributed by atoms with Crippen molar-refractivity contribution < 1.29 is 4.74 Å². The van der Waals surface area contributed by atoms with Gasteiger partial charge in [-0.25, -0.2) is 0 Å². The van der Waals surface area contributed by atoms with Gasteiger partial charge in [0.25, 0.3) is 0 Å². The van der Waals surface area contributed by atoms with Crippen LogP contribution in [-0.2, 0) is 0 Å². The molecule has 3 nitrogen and oxygen atoms in total. The van der Waals surface area contributed by atoms with Gasteiger partial charge in [0, 0.05) is 0 Å². The van der Waals surface area contributed by atoms with E-state index < -0.39 is 0 Å². The first-order chi connectivity index (χ1) is 10.1. The van der Waals surface area contributed by atoms with Gasteiger partial charge in [0.1, 0.15) is 5.75 Å². The lowest BCUT2D eigenvalue weighted by Gasteiger charge is -2.08. The van der Waals surface area contributed by atoms with Crippen LogP contribution in [0, 0.1) is 12.8 Å². The molecule has 0 aliphatic rings. The third kappa shape index (κ3) is 5.30. The summed E-state index contributed by atoms with van der Waals surface area (Å²) in [5.41, 5.74) is 6.24. The second-order valence-corrected chi connectivity index (χ2v) is 5.51. The molecule has 0 unspecified atom stereocenters. The Balaban J connectivity index is 1.94. The molecule has 0 bridgehead atoms. The van der Waals surface area contributed by atoms with Gasteiger partial charge in [0.05, 0.1) is 18.5 Å². The molecule has 2 rings (SSSR count). The first kappa shape index (κ1) is 15.1. The third-order valence-corrected chi connectivity index (χ3v) is 2.90. The van der Waals surface area contributed by atoms with E-state index in [-0.39, 0.29) is 0 Å². The molecule has 0 aliphatic heterocycles. The highest BCUT2D eigenvalue weighted by molar-refractivity contribution is 5.80. The molecule has 0 aliphatic carbocycles. The minimum Gasteiger partial charge on any atom is -0.493 e. The molecule has 2 aromatic carbocycles. The van der Waals surface area contributed by atoms with E-state index in [4.69, 9.17) is 4.74 Å². The van der Waals surface area contributed by atoms with Crippen LogP contribution >= 0.6 is 0 Å². The smallest absolute Gasteiger partial charge is 0.119 e. The van der Waals surface area contributed by atoms with Crippen molar-refractivity contribution in [2.45, 2.75) is 20.8 Å². The van der Waals surface area contributed by atoms with E-state index >= 15 is 0 Å². The van der Waals surface area contributed by atoms with E-state index in [0.29, 0.717) is 5.92 Å². The van der Waals surface area contributed by atoms with Crippen molar-refractivity contribution in [3.63, 3.8) is 0 Å². The predicted octanol–water partition coefficient (Wildman–Crippen LogP) is 4.48. The summed E-state index contributed by atoms with van der Waals surface area (Å²) in [6.45, 7) is 7.06. The summed E-state index contributed by atoms with van der Waals surface area (Å²) in [7, 11) is 0. The number of ether oxygens (including phenoxy) is 1. The van der Waals surface area contributed by atoms with Crippen LogP contribution < -0.4 is 10.2 Å². The number of hydrogen-bond donors (Lipinski definition) is 1. The maximum absolute atomic E-state index is 5.70. The third-order valence-electron chi connectivity index (χ3n) is 2.90. The lowest BCUT2D eigenvalue weighted by molar-refractivity contribution is 0.271. The van der Waals surface area contributed by atoms with E-state index in [0.717, 1.165) is 23.6 Å². The molecule has 110 valence electrons. The normalized spacial score (nSPS) is 11.0. The van der Waals surface area contributed by atoms with E-state index in [2.05, 4.69) is 43.4 Å². The summed E-state index contributed by atoms with van der Waals surface area (Å²) in [6, 6.07) is 16.1. The van der Waals surface area contributed by atoms with E-state index in [1.54, 1.807) is 6.21 Å². The predicted molar refractivity (Wildman–Crippen MR) is 89.2 cm³/mol. The highest BCUT2D eigenvalue weighted by atomic mass is 16.5. The zero-order valence-corrected chi connectivity index (χ0v) is 12.8. The molecule has 0 heterocycles. The van der Waals surface area contributed by atoms with Gasteiger partial charge in [-0.2, -0.15) is 5.10 Å². The molecular formula is C18H22N2O. The molecule has 0 spiro atoms. The Morgan fingerprint density at radius 3 is 2.62 bits per heavy atom. The van der Waals surface area contributed by atoms with Crippen molar-refractivity contribution in [2.24, 2.45) is 11.0 Å². The van der Waals surface area contributed by atoms with Crippen molar-refractivity contribution in [1.82, 2.24) is 0 Å². The Hall–Kier alpha value is -2.29. The average molecular weight is 282 g/mol. The van der Waals surface area contributed by atoms with E-state index in [9.17, 15) is 0 Å². The number of nitrogens with one attached hydrogen (secondary N) is 1. The van der Waals surface area contributed by atoms with Crippen molar-refractivity contribution in [1.29, 1.82) is 0 Å². The average Bonchev–Trinajstić information content (AvgIpc) is 2.48. The van der Waals surface area contributed by atoms with Crippen molar-refractivity contribution >= 4 is 11.9 Å². The maximum Gasteiger partial charge on any atom is 0.119 e. The van der Waals surface area contributed by atoms with Crippen LogP contribution in [0.15, 0.2) is 53.6 Å². The molecule has 0 aromatic heterocycles. The van der Waals surface area contributed by atoms with Gasteiger partial charge in [-0.15, -0.1) is 0 Å². The summed E-state index contributed by atoms with van der Waals surface area (Å²) in [4.78, 5) is 0. The number of aryl methyl sites for hydroxylation is 1. The lowest BCUT2D eigenvalue weighted by Crippen LogP contribution is -2.04. The highest BCUT2D eigenvalue weighted by Crippen LogP contribution is 2.13. The fourth-order valence-electron chi connectivity index (χ4n) is 1.76. The van der Waals surface area contributed by atoms with Crippen LogP contribution in [0.4, 0.5) is 5.69 Å². The Bertz CT molecular complexity index is 588. The van der Waals surface area contributed by atoms with Gasteiger partial charge in [-0.3, -0.25) is 5.43 Å². The van der Waals surface area contributed by atoms with E-state index in [1.807, 2.05) is 36.4 Å². The molecule has 2 aromatic rings. The lowest BCUT2D eigenvalue weighted by atomic mass is 10.2. The standard InChI is InChI=1S/C18H22N2O/c1-14(2)13-21-18-6-4-5-16(11-18)12-19-20-17-9-7-15(3)8-10-17/h4-12,14,20H,13H2,1-3H3/b19-12+. The van der Waals surface area contributed by atoms with Crippen LogP contribution in [0.3, 0.4) is 0 Å². The second kappa shape index (κ2) is 7.48. The van der Waals surface area contributed by atoms with Gasteiger partial charge in [0.15, 0.2) is 0 Å². The van der Waals surface area contributed by atoms with Crippen molar-refractivity contribution in [2.75, 3.05) is 12.0 Å². The quantitative estimate of drug-likeness (QED) is 0.626. The topological polar surface area (TPSA) is 33.6 Å². The molecule has 1 N–H and O–H groups in total. The molecule has 0 saturated carbocycles. The Morgan fingerprint density at radius 1 is 1.14 bits per heavy atom. The molecule has 21 heavy (non-hydrogen) atoms. The molecule has 0 radical (unpaired) electrons. The molecule has 0 amide bonds. The fourth-order valence-corrected chi connectivity index (χ4v) is 1.76. The fraction of sp³-hybridized carbons (Fsp3) is 0.278. The van der Waals surface area contributed by atoms with E-state index in [1.165, 1.54) is 5.56 Å². The van der Waals surface area contributed by atoms with Crippen LogP contribution in [0.1, 0.15) is 25.0 Å². The Kier molecular flexibility index (Phi) is 5.38. The largest absolute Gasteiger partial charge is 0.493 e. The molecule has 0 atom stereocenters. The minimum absolute atomic E-state index is 0.519. The van der Waals surface area contributed by atoms with Gasteiger partial charge >= 0.3 is 0 Å². The SMILES string of the molecule is Cc1ccc(N/N=C/c2cccc(OCC(C)C)c2)cc1. The summed E-state index contributed by atoms with van der Waals surface area (Å²) >= 11 is 0. The summed E-state index contributed by atoms with van der Waals surface area (Å²) < 4.78 is 5.70. The summed E-state index contributed by atoms with van der Waals surface area (Å²) in [6.07, 6.45) is 1.79. The first-order valence-electron chi connectivity index (χ1n) is 7.22. The molecule has 3 heteroatoms. The number of benzene rings is 2. The number of hydrazone groups is 1. The van der Waals surface area contributed by atoms with Crippen molar-refractivity contribution in [3.05, 3.63) is 59.7 Å². The minimum atomic E-state index is 0.519. The zero-order chi connectivity index (χ0) is 15.1. The summed E-state index contributed by atoms with van der Waals surface area (Å²) in [5, 5.41) is 4.25. The van der Waals surface area contributed by atoms with Crippen LogP contribution in [-0.4, -0.2) is 12.8 Å². The summed E-state index contributed by atoms with van der Waals surface area (Å²) in [5.74, 6) is 1.40. The molecular weight excluding hydrogens is 260 g/mol. The first-order valence-corrected chi connectivity index (χ1v) is 7.22. The molecule has 0 fully saturated rings. The van der Waals surface area contributed by atoms with Crippen LogP contribution in [0.25, 0.3) is 0 Å². The Morgan fingerprint density at radius 2 is 1.90 bits per heavy atom. The van der Waals surface area contributed by atoms with Gasteiger partial charge in [-0.05, 0) is 42.7 Å². The molecule has 0 saturated heterocycles. The van der Waals surface area contributed by atoms with Crippen LogP contribution in [0.2, 0.25) is 0 Å².